The maximum atomic E-state index is 10.7. The molecule has 0 aliphatic rings. The van der Waals surface area contributed by atoms with Crippen LogP contribution in [0.3, 0.4) is 0 Å². The topological polar surface area (TPSA) is 57.5 Å². The first-order chi connectivity index (χ1) is 9.06. The standard InChI is InChI=1S/C16H20O3/c1-3-9-15(18)11-6-4-5-7-12-16(19)13-8-10-14(2)17/h1,4-6,11,15-16,18-19H,8-10,13H2,2H3. The predicted octanol–water partition coefficient (Wildman–Crippen LogP) is 1.61. The van der Waals surface area contributed by atoms with Gasteiger partial charge in [-0.15, -0.1) is 12.3 Å². The van der Waals surface area contributed by atoms with Crippen LogP contribution in [0.1, 0.15) is 32.6 Å². The molecule has 0 heterocycles. The molecule has 0 saturated carbocycles. The summed E-state index contributed by atoms with van der Waals surface area (Å²) in [4.78, 5) is 10.7. The van der Waals surface area contributed by atoms with Gasteiger partial charge in [0.1, 0.15) is 11.9 Å². The summed E-state index contributed by atoms with van der Waals surface area (Å²) in [5, 5.41) is 18.7. The summed E-state index contributed by atoms with van der Waals surface area (Å²) < 4.78 is 0. The van der Waals surface area contributed by atoms with Gasteiger partial charge in [0.05, 0.1) is 6.10 Å². The van der Waals surface area contributed by atoms with Crippen LogP contribution in [0.25, 0.3) is 0 Å². The molecule has 0 amide bonds. The maximum Gasteiger partial charge on any atom is 0.129 e. The number of Topliss-reactive ketones (excluding diaryl/α,β-unsaturated/α-hetero) is 1. The second-order valence-electron chi connectivity index (χ2n) is 4.12. The minimum Gasteiger partial charge on any atom is -0.388 e. The van der Waals surface area contributed by atoms with Gasteiger partial charge < -0.3 is 15.0 Å². The van der Waals surface area contributed by atoms with Gasteiger partial charge in [-0.05, 0) is 25.8 Å². The summed E-state index contributed by atoms with van der Waals surface area (Å²) in [5.41, 5.74) is 0. The van der Waals surface area contributed by atoms with Gasteiger partial charge in [0.15, 0.2) is 0 Å². The molecular weight excluding hydrogens is 240 g/mol. The van der Waals surface area contributed by atoms with E-state index in [1.165, 1.54) is 6.92 Å². The molecule has 0 bridgehead atoms. The van der Waals surface area contributed by atoms with Crippen LogP contribution < -0.4 is 0 Å². The molecule has 0 radical (unpaired) electrons. The molecule has 0 fully saturated rings. The molecule has 0 aromatic heterocycles. The minimum absolute atomic E-state index is 0.121. The molecule has 0 rings (SSSR count). The van der Waals surface area contributed by atoms with Crippen molar-refractivity contribution in [3.63, 3.8) is 0 Å². The van der Waals surface area contributed by atoms with E-state index >= 15 is 0 Å². The highest BCUT2D eigenvalue weighted by Crippen LogP contribution is 2.00. The Morgan fingerprint density at radius 3 is 2.74 bits per heavy atom. The van der Waals surface area contributed by atoms with Crippen LogP contribution in [0.2, 0.25) is 0 Å². The van der Waals surface area contributed by atoms with Crippen LogP contribution in [-0.4, -0.2) is 28.2 Å². The van der Waals surface area contributed by atoms with Gasteiger partial charge in [-0.3, -0.25) is 0 Å². The first kappa shape index (κ1) is 17.2. The van der Waals surface area contributed by atoms with Crippen LogP contribution in [0.15, 0.2) is 24.3 Å². The third kappa shape index (κ3) is 12.4. The number of terminal acetylenes is 1. The van der Waals surface area contributed by atoms with Gasteiger partial charge in [0.2, 0.25) is 0 Å². The summed E-state index contributed by atoms with van der Waals surface area (Å²) >= 11 is 0. The summed E-state index contributed by atoms with van der Waals surface area (Å²) in [7, 11) is 0. The summed E-state index contributed by atoms with van der Waals surface area (Å²) in [5.74, 6) is 7.81. The molecule has 3 heteroatoms. The fraction of sp³-hybridized carbons (Fsp3) is 0.438. The lowest BCUT2D eigenvalue weighted by molar-refractivity contribution is -0.117. The smallest absolute Gasteiger partial charge is 0.129 e. The Labute approximate surface area is 115 Å². The van der Waals surface area contributed by atoms with Gasteiger partial charge in [-0.1, -0.05) is 30.1 Å². The first-order valence-corrected chi connectivity index (χ1v) is 6.19. The van der Waals surface area contributed by atoms with Crippen LogP contribution in [0.4, 0.5) is 0 Å². The number of allylic oxidation sites excluding steroid dienone is 3. The number of hydrogen-bond acceptors (Lipinski definition) is 3. The van der Waals surface area contributed by atoms with Gasteiger partial charge in [0, 0.05) is 12.8 Å². The zero-order chi connectivity index (χ0) is 14.5. The monoisotopic (exact) mass is 260 g/mol. The van der Waals surface area contributed by atoms with E-state index in [4.69, 9.17) is 6.42 Å². The van der Waals surface area contributed by atoms with Crippen molar-refractivity contribution in [3.8, 4) is 24.2 Å². The summed E-state index contributed by atoms with van der Waals surface area (Å²) in [6.45, 7) is 1.53. The number of aliphatic hydroxyl groups excluding tert-OH is 2. The highest BCUT2D eigenvalue weighted by Gasteiger charge is 1.99. The first-order valence-electron chi connectivity index (χ1n) is 6.19. The van der Waals surface area contributed by atoms with E-state index in [1.807, 2.05) is 0 Å². The number of aliphatic hydroxyl groups is 2. The average molecular weight is 260 g/mol. The summed E-state index contributed by atoms with van der Waals surface area (Å²) in [6.07, 6.45) is 12.1. The normalized spacial score (nSPS) is 13.8. The Morgan fingerprint density at radius 1 is 1.37 bits per heavy atom. The minimum atomic E-state index is -0.708. The van der Waals surface area contributed by atoms with E-state index in [9.17, 15) is 15.0 Å². The zero-order valence-corrected chi connectivity index (χ0v) is 11.2. The highest BCUT2D eigenvalue weighted by atomic mass is 16.3. The molecule has 0 aromatic rings. The Balaban J connectivity index is 3.89. The van der Waals surface area contributed by atoms with Crippen molar-refractivity contribution in [1.82, 2.24) is 0 Å². The molecule has 0 aliphatic heterocycles. The predicted molar refractivity (Wildman–Crippen MR) is 76.1 cm³/mol. The van der Waals surface area contributed by atoms with Crippen molar-refractivity contribution in [2.75, 3.05) is 0 Å². The molecule has 19 heavy (non-hydrogen) atoms. The second kappa shape index (κ2) is 11.3. The maximum absolute atomic E-state index is 10.7. The highest BCUT2D eigenvalue weighted by molar-refractivity contribution is 5.75. The Bertz CT molecular complexity index is 416. The SMILES string of the molecule is C#CCC(O)C=CC=CC#CC(O)CCCC(C)=O. The van der Waals surface area contributed by atoms with E-state index in [0.29, 0.717) is 19.3 Å². The van der Waals surface area contributed by atoms with Gasteiger partial charge in [-0.2, -0.15) is 0 Å². The van der Waals surface area contributed by atoms with Crippen molar-refractivity contribution in [1.29, 1.82) is 0 Å². The molecule has 0 aromatic carbocycles. The quantitative estimate of drug-likeness (QED) is 0.540. The molecule has 0 saturated heterocycles. The van der Waals surface area contributed by atoms with Gasteiger partial charge >= 0.3 is 0 Å². The third-order valence-corrected chi connectivity index (χ3v) is 2.21. The van der Waals surface area contributed by atoms with E-state index in [1.54, 1.807) is 24.3 Å². The fourth-order valence-corrected chi connectivity index (χ4v) is 1.25. The van der Waals surface area contributed by atoms with Gasteiger partial charge in [-0.25, -0.2) is 0 Å². The van der Waals surface area contributed by atoms with Crippen LogP contribution >= 0.6 is 0 Å². The average Bonchev–Trinajstić information content (AvgIpc) is 2.33. The van der Waals surface area contributed by atoms with Gasteiger partial charge in [0.25, 0.3) is 0 Å². The largest absolute Gasteiger partial charge is 0.388 e. The van der Waals surface area contributed by atoms with Crippen molar-refractivity contribution in [2.45, 2.75) is 44.8 Å². The van der Waals surface area contributed by atoms with E-state index in [2.05, 4.69) is 17.8 Å². The number of ketones is 1. The lowest BCUT2D eigenvalue weighted by Gasteiger charge is -2.00. The van der Waals surface area contributed by atoms with E-state index in [0.717, 1.165) is 0 Å². The number of carbonyl (C=O) groups excluding carboxylic acids is 1. The van der Waals surface area contributed by atoms with Crippen molar-refractivity contribution < 1.29 is 15.0 Å². The third-order valence-electron chi connectivity index (χ3n) is 2.21. The van der Waals surface area contributed by atoms with Crippen molar-refractivity contribution >= 4 is 5.78 Å². The van der Waals surface area contributed by atoms with Crippen LogP contribution in [0, 0.1) is 24.2 Å². The molecule has 0 aliphatic carbocycles. The molecular formula is C16H20O3. The number of carbonyl (C=O) groups is 1. The molecule has 2 N–H and O–H groups in total. The molecule has 102 valence electrons. The van der Waals surface area contributed by atoms with E-state index < -0.39 is 12.2 Å². The van der Waals surface area contributed by atoms with Crippen LogP contribution in [-0.2, 0) is 4.79 Å². The van der Waals surface area contributed by atoms with Crippen molar-refractivity contribution in [3.05, 3.63) is 24.3 Å². The number of rotatable bonds is 7. The summed E-state index contributed by atoms with van der Waals surface area (Å²) in [6, 6.07) is 0. The zero-order valence-electron chi connectivity index (χ0n) is 11.2. The fourth-order valence-electron chi connectivity index (χ4n) is 1.25. The molecule has 2 unspecified atom stereocenters. The lowest BCUT2D eigenvalue weighted by atomic mass is 10.1. The number of hydrogen-bond donors (Lipinski definition) is 2. The van der Waals surface area contributed by atoms with Crippen LogP contribution in [0.5, 0.6) is 0 Å². The Hall–Kier alpha value is -1.81. The second-order valence-corrected chi connectivity index (χ2v) is 4.12. The lowest BCUT2D eigenvalue weighted by Crippen LogP contribution is -2.03. The molecule has 0 spiro atoms. The Kier molecular flexibility index (Phi) is 10.2. The molecule has 3 nitrogen and oxygen atoms in total. The van der Waals surface area contributed by atoms with E-state index in [-0.39, 0.29) is 12.2 Å². The Morgan fingerprint density at radius 2 is 2.11 bits per heavy atom. The molecule has 2 atom stereocenters. The van der Waals surface area contributed by atoms with Crippen molar-refractivity contribution in [2.24, 2.45) is 0 Å².